The van der Waals surface area contributed by atoms with Crippen molar-refractivity contribution in [2.75, 3.05) is 0 Å². The number of hydrogen-bond acceptors (Lipinski definition) is 2. The van der Waals surface area contributed by atoms with E-state index in [0.717, 1.165) is 5.69 Å². The third-order valence-corrected chi connectivity index (χ3v) is 2.00. The number of thiazole rings is 1. The van der Waals surface area contributed by atoms with Gasteiger partial charge in [0.15, 0.2) is 0 Å². The second kappa shape index (κ2) is 2.43. The van der Waals surface area contributed by atoms with Gasteiger partial charge < -0.3 is 0 Å². The number of aromatic nitrogens is 1. The highest BCUT2D eigenvalue weighted by Gasteiger charge is 2.17. The molecule has 0 unspecified atom stereocenters. The molecule has 0 atom stereocenters. The van der Waals surface area contributed by atoms with Crippen molar-refractivity contribution < 1.29 is 0 Å². The molecule has 0 N–H and O–H groups in total. The predicted octanol–water partition coefficient (Wildman–Crippen LogP) is 1.90. The van der Waals surface area contributed by atoms with Crippen LogP contribution in [0.25, 0.3) is 0 Å². The molecule has 1 fully saturated rings. The maximum atomic E-state index is 4.06. The van der Waals surface area contributed by atoms with E-state index in [1.807, 2.05) is 10.9 Å². The lowest BCUT2D eigenvalue weighted by Crippen LogP contribution is -1.70. The molecule has 0 bridgehead atoms. The van der Waals surface area contributed by atoms with Gasteiger partial charge in [0.2, 0.25) is 0 Å². The first-order chi connectivity index (χ1) is 4.95. The fourth-order valence-corrected chi connectivity index (χ4v) is 1.16. The second-order valence-corrected chi connectivity index (χ2v) is 3.14. The van der Waals surface area contributed by atoms with Gasteiger partial charge in [0, 0.05) is 11.3 Å². The summed E-state index contributed by atoms with van der Waals surface area (Å²) in [4.78, 5) is 4.06. The summed E-state index contributed by atoms with van der Waals surface area (Å²) >= 11 is 1.60. The molecule has 10 heavy (non-hydrogen) atoms. The summed E-state index contributed by atoms with van der Waals surface area (Å²) in [5.74, 6) is 6.87. The van der Waals surface area contributed by atoms with Crippen LogP contribution in [0.2, 0.25) is 0 Å². The van der Waals surface area contributed by atoms with E-state index in [0.29, 0.717) is 5.92 Å². The molecule has 1 nitrogen and oxygen atoms in total. The van der Waals surface area contributed by atoms with E-state index in [2.05, 4.69) is 16.8 Å². The normalized spacial score (nSPS) is 16.0. The van der Waals surface area contributed by atoms with E-state index in [-0.39, 0.29) is 0 Å². The molecule has 0 amide bonds. The van der Waals surface area contributed by atoms with Crippen molar-refractivity contribution in [2.24, 2.45) is 5.92 Å². The van der Waals surface area contributed by atoms with Crippen LogP contribution in [-0.4, -0.2) is 4.98 Å². The van der Waals surface area contributed by atoms with Crippen LogP contribution in [0.5, 0.6) is 0 Å². The summed E-state index contributed by atoms with van der Waals surface area (Å²) < 4.78 is 0. The average molecular weight is 149 g/mol. The highest BCUT2D eigenvalue weighted by atomic mass is 32.1. The van der Waals surface area contributed by atoms with Crippen molar-refractivity contribution in [1.29, 1.82) is 0 Å². The van der Waals surface area contributed by atoms with Crippen LogP contribution < -0.4 is 0 Å². The maximum absolute atomic E-state index is 4.06. The highest BCUT2D eigenvalue weighted by molar-refractivity contribution is 7.07. The predicted molar refractivity (Wildman–Crippen MR) is 41.7 cm³/mol. The first-order valence-corrected chi connectivity index (χ1v) is 4.29. The Bertz CT molecular complexity index is 261. The Morgan fingerprint density at radius 3 is 3.10 bits per heavy atom. The van der Waals surface area contributed by atoms with Crippen molar-refractivity contribution in [3.05, 3.63) is 16.6 Å². The van der Waals surface area contributed by atoms with Gasteiger partial charge in [-0.1, -0.05) is 5.92 Å². The number of hydrogen-bond donors (Lipinski definition) is 0. The topological polar surface area (TPSA) is 12.9 Å². The molecule has 0 saturated heterocycles. The lowest BCUT2D eigenvalue weighted by atomic mass is 10.4. The average Bonchev–Trinajstić information content (AvgIpc) is 2.63. The van der Waals surface area contributed by atoms with Gasteiger partial charge in [0.05, 0.1) is 5.51 Å². The summed E-state index contributed by atoms with van der Waals surface area (Å²) in [6.07, 6.45) is 2.58. The van der Waals surface area contributed by atoms with Gasteiger partial charge in [-0.05, 0) is 18.8 Å². The minimum atomic E-state index is 0.682. The van der Waals surface area contributed by atoms with Crippen molar-refractivity contribution in [1.82, 2.24) is 4.98 Å². The Kier molecular flexibility index (Phi) is 1.44. The first-order valence-electron chi connectivity index (χ1n) is 3.35. The largest absolute Gasteiger partial charge is 0.236 e. The van der Waals surface area contributed by atoms with Gasteiger partial charge in [-0.25, -0.2) is 4.98 Å². The van der Waals surface area contributed by atoms with Crippen molar-refractivity contribution in [2.45, 2.75) is 12.8 Å². The van der Waals surface area contributed by atoms with Crippen molar-refractivity contribution in [3.63, 3.8) is 0 Å². The molecule has 2 heteroatoms. The zero-order chi connectivity index (χ0) is 6.81. The van der Waals surface area contributed by atoms with Gasteiger partial charge in [-0.3, -0.25) is 0 Å². The smallest absolute Gasteiger partial charge is 0.124 e. The summed E-state index contributed by atoms with van der Waals surface area (Å²) in [6, 6.07) is 0. The van der Waals surface area contributed by atoms with Crippen molar-refractivity contribution in [3.8, 4) is 11.8 Å². The lowest BCUT2D eigenvalue weighted by Gasteiger charge is -1.73. The van der Waals surface area contributed by atoms with E-state index in [1.54, 1.807) is 11.3 Å². The lowest BCUT2D eigenvalue weighted by molar-refractivity contribution is 1.18. The van der Waals surface area contributed by atoms with Crippen LogP contribution in [0, 0.1) is 17.8 Å². The molecule has 1 heterocycles. The Labute approximate surface area is 64.1 Å². The third kappa shape index (κ3) is 1.37. The summed E-state index contributed by atoms with van der Waals surface area (Å²) in [5, 5.41) is 1.98. The van der Waals surface area contributed by atoms with Crippen LogP contribution in [-0.2, 0) is 0 Å². The zero-order valence-electron chi connectivity index (χ0n) is 5.50. The van der Waals surface area contributed by atoms with Crippen LogP contribution in [0.1, 0.15) is 18.5 Å². The molecule has 1 aliphatic carbocycles. The first kappa shape index (κ1) is 5.94. The molecule has 1 aliphatic rings. The van der Waals surface area contributed by atoms with E-state index in [4.69, 9.17) is 0 Å². The van der Waals surface area contributed by atoms with E-state index in [1.165, 1.54) is 12.8 Å². The van der Waals surface area contributed by atoms with Gasteiger partial charge in [0.1, 0.15) is 5.69 Å². The third-order valence-electron chi connectivity index (χ3n) is 1.41. The molecule has 0 spiro atoms. The summed E-state index contributed by atoms with van der Waals surface area (Å²) in [6.45, 7) is 0. The molecule has 1 aromatic rings. The fraction of sp³-hybridized carbons (Fsp3) is 0.375. The molecule has 0 radical (unpaired) electrons. The van der Waals surface area contributed by atoms with Gasteiger partial charge >= 0.3 is 0 Å². The standard InChI is InChI=1S/C8H7NS/c1-2-7(1)3-4-8-5-10-6-9-8/h5-7H,1-2H2. The molecule has 1 aromatic heterocycles. The molecular formula is C8H7NS. The Hall–Kier alpha value is -0.810. The Morgan fingerprint density at radius 1 is 1.60 bits per heavy atom. The van der Waals surface area contributed by atoms with Crippen LogP contribution >= 0.6 is 11.3 Å². The maximum Gasteiger partial charge on any atom is 0.124 e. The SMILES string of the molecule is C(#CC1CC1)c1cscn1. The fourth-order valence-electron chi connectivity index (χ4n) is 0.678. The Balaban J connectivity index is 2.09. The quantitative estimate of drug-likeness (QED) is 0.513. The van der Waals surface area contributed by atoms with Gasteiger partial charge in [-0.2, -0.15) is 0 Å². The Morgan fingerprint density at radius 2 is 2.50 bits per heavy atom. The molecule has 1 saturated carbocycles. The van der Waals surface area contributed by atoms with E-state index < -0.39 is 0 Å². The number of nitrogens with zero attached hydrogens (tertiary/aromatic N) is 1. The molecular weight excluding hydrogens is 142 g/mol. The molecule has 0 aromatic carbocycles. The van der Waals surface area contributed by atoms with E-state index >= 15 is 0 Å². The minimum absolute atomic E-state index is 0.682. The van der Waals surface area contributed by atoms with Crippen LogP contribution in [0.3, 0.4) is 0 Å². The van der Waals surface area contributed by atoms with Crippen LogP contribution in [0.4, 0.5) is 0 Å². The molecule has 0 aliphatic heterocycles. The monoisotopic (exact) mass is 149 g/mol. The molecule has 50 valence electrons. The minimum Gasteiger partial charge on any atom is -0.236 e. The van der Waals surface area contributed by atoms with E-state index in [9.17, 15) is 0 Å². The zero-order valence-corrected chi connectivity index (χ0v) is 6.32. The van der Waals surface area contributed by atoms with Gasteiger partial charge in [-0.15, -0.1) is 11.3 Å². The molecule has 2 rings (SSSR count). The van der Waals surface area contributed by atoms with Crippen molar-refractivity contribution >= 4 is 11.3 Å². The second-order valence-electron chi connectivity index (χ2n) is 2.42. The highest BCUT2D eigenvalue weighted by Crippen LogP contribution is 2.27. The van der Waals surface area contributed by atoms with Gasteiger partial charge in [0.25, 0.3) is 0 Å². The number of rotatable bonds is 0. The van der Waals surface area contributed by atoms with Crippen LogP contribution in [0.15, 0.2) is 10.9 Å². The summed E-state index contributed by atoms with van der Waals surface area (Å²) in [7, 11) is 0. The summed E-state index contributed by atoms with van der Waals surface area (Å²) in [5.41, 5.74) is 2.74.